The average molecular weight is 342 g/mol. The number of amides is 1. The van der Waals surface area contributed by atoms with Crippen LogP contribution in [0.3, 0.4) is 0 Å². The van der Waals surface area contributed by atoms with Gasteiger partial charge in [-0.25, -0.2) is 0 Å². The van der Waals surface area contributed by atoms with E-state index in [1.54, 1.807) is 42.1 Å². The van der Waals surface area contributed by atoms with Crippen molar-refractivity contribution >= 4 is 23.3 Å². The Morgan fingerprint density at radius 2 is 2.00 bits per heavy atom. The molecular weight excluding hydrogens is 326 g/mol. The van der Waals surface area contributed by atoms with Gasteiger partial charge in [0.25, 0.3) is 5.91 Å². The molecule has 0 atom stereocenters. The van der Waals surface area contributed by atoms with E-state index in [0.717, 1.165) is 5.56 Å². The molecule has 0 spiro atoms. The van der Waals surface area contributed by atoms with E-state index in [1.807, 2.05) is 30.5 Å². The van der Waals surface area contributed by atoms with Gasteiger partial charge >= 0.3 is 0 Å². The smallest absolute Gasteiger partial charge is 0.256 e. The zero-order valence-corrected chi connectivity index (χ0v) is 13.8. The molecule has 0 saturated heterocycles. The van der Waals surface area contributed by atoms with Crippen LogP contribution in [-0.2, 0) is 6.54 Å². The average Bonchev–Trinajstić information content (AvgIpc) is 3.04. The highest BCUT2D eigenvalue weighted by atomic mass is 35.5. The van der Waals surface area contributed by atoms with Crippen molar-refractivity contribution in [3.8, 4) is 5.75 Å². The van der Waals surface area contributed by atoms with Gasteiger partial charge in [-0.05, 0) is 35.9 Å². The van der Waals surface area contributed by atoms with E-state index in [2.05, 4.69) is 10.4 Å². The lowest BCUT2D eigenvalue weighted by atomic mass is 10.2. The normalized spacial score (nSPS) is 10.4. The van der Waals surface area contributed by atoms with E-state index >= 15 is 0 Å². The third-order valence-corrected chi connectivity index (χ3v) is 3.72. The van der Waals surface area contributed by atoms with Crippen LogP contribution in [0.1, 0.15) is 15.9 Å². The summed E-state index contributed by atoms with van der Waals surface area (Å²) in [4.78, 5) is 12.3. The van der Waals surface area contributed by atoms with Crippen molar-refractivity contribution in [1.29, 1.82) is 0 Å². The van der Waals surface area contributed by atoms with E-state index in [0.29, 0.717) is 28.7 Å². The number of nitrogens with zero attached hydrogens (tertiary/aromatic N) is 2. The largest absolute Gasteiger partial charge is 0.497 e. The molecule has 24 heavy (non-hydrogen) atoms. The van der Waals surface area contributed by atoms with Gasteiger partial charge in [-0.3, -0.25) is 9.48 Å². The summed E-state index contributed by atoms with van der Waals surface area (Å²) in [5, 5.41) is 7.83. The number of hydrogen-bond acceptors (Lipinski definition) is 3. The Morgan fingerprint density at radius 1 is 1.21 bits per heavy atom. The lowest BCUT2D eigenvalue weighted by Crippen LogP contribution is -2.13. The van der Waals surface area contributed by atoms with Gasteiger partial charge in [0.2, 0.25) is 0 Å². The lowest BCUT2D eigenvalue weighted by molar-refractivity contribution is 0.102. The van der Waals surface area contributed by atoms with Gasteiger partial charge in [0.1, 0.15) is 5.75 Å². The molecule has 0 aliphatic carbocycles. The molecule has 0 fully saturated rings. The summed E-state index contributed by atoms with van der Waals surface area (Å²) in [7, 11) is 1.56. The predicted octanol–water partition coefficient (Wildman–Crippen LogP) is 3.85. The number of rotatable bonds is 5. The summed E-state index contributed by atoms with van der Waals surface area (Å²) in [6.45, 7) is 0.603. The molecule has 5 nitrogen and oxygen atoms in total. The third kappa shape index (κ3) is 3.94. The number of halogens is 1. The molecule has 2 aromatic carbocycles. The van der Waals surface area contributed by atoms with E-state index in [-0.39, 0.29) is 5.91 Å². The van der Waals surface area contributed by atoms with Gasteiger partial charge < -0.3 is 10.1 Å². The molecule has 0 radical (unpaired) electrons. The highest BCUT2D eigenvalue weighted by Gasteiger charge is 2.09. The Labute approximate surface area is 144 Å². The number of carbonyl (C=O) groups is 1. The molecule has 3 aromatic rings. The summed E-state index contributed by atoms with van der Waals surface area (Å²) in [6, 6.07) is 16.3. The number of nitrogens with one attached hydrogen (secondary N) is 1. The first kappa shape index (κ1) is 16.1. The maximum absolute atomic E-state index is 12.3. The van der Waals surface area contributed by atoms with Gasteiger partial charge in [-0.2, -0.15) is 5.10 Å². The molecular formula is C18H16ClN3O2. The summed E-state index contributed by atoms with van der Waals surface area (Å²) >= 11 is 5.88. The fourth-order valence-electron chi connectivity index (χ4n) is 2.25. The second-order valence-electron chi connectivity index (χ2n) is 5.21. The predicted molar refractivity (Wildman–Crippen MR) is 93.7 cm³/mol. The van der Waals surface area contributed by atoms with Crippen LogP contribution >= 0.6 is 11.6 Å². The minimum atomic E-state index is -0.231. The van der Waals surface area contributed by atoms with Crippen molar-refractivity contribution in [3.63, 3.8) is 0 Å². The quantitative estimate of drug-likeness (QED) is 0.767. The highest BCUT2D eigenvalue weighted by Crippen LogP contribution is 2.15. The van der Waals surface area contributed by atoms with Crippen LogP contribution in [0.5, 0.6) is 5.75 Å². The molecule has 1 amide bonds. The van der Waals surface area contributed by atoms with Crippen molar-refractivity contribution in [2.24, 2.45) is 0 Å². The fourth-order valence-corrected chi connectivity index (χ4v) is 2.37. The van der Waals surface area contributed by atoms with Crippen LogP contribution in [0.25, 0.3) is 0 Å². The zero-order valence-electron chi connectivity index (χ0n) is 13.1. The second-order valence-corrected chi connectivity index (χ2v) is 5.65. The summed E-state index contributed by atoms with van der Waals surface area (Å²) in [5.74, 6) is 0.901. The number of hydrogen-bond donors (Lipinski definition) is 1. The minimum absolute atomic E-state index is 0.231. The Kier molecular flexibility index (Phi) is 4.82. The van der Waals surface area contributed by atoms with Gasteiger partial charge in [0, 0.05) is 22.8 Å². The van der Waals surface area contributed by atoms with E-state index in [4.69, 9.17) is 16.3 Å². The number of methoxy groups -OCH3 is 1. The summed E-state index contributed by atoms with van der Waals surface area (Å²) < 4.78 is 6.88. The Balaban J connectivity index is 1.67. The molecule has 0 saturated carbocycles. The van der Waals surface area contributed by atoms with Crippen molar-refractivity contribution in [2.75, 3.05) is 12.4 Å². The first-order valence-electron chi connectivity index (χ1n) is 7.37. The van der Waals surface area contributed by atoms with E-state index < -0.39 is 0 Å². The van der Waals surface area contributed by atoms with Crippen LogP contribution in [0.2, 0.25) is 5.02 Å². The Hall–Kier alpha value is -2.79. The van der Waals surface area contributed by atoms with Gasteiger partial charge in [-0.15, -0.1) is 0 Å². The molecule has 1 aromatic heterocycles. The maximum atomic E-state index is 12.3. The van der Waals surface area contributed by atoms with Crippen LogP contribution in [0, 0.1) is 0 Å². The first-order chi connectivity index (χ1) is 11.6. The van der Waals surface area contributed by atoms with Crippen molar-refractivity contribution in [3.05, 3.63) is 76.9 Å². The van der Waals surface area contributed by atoms with Crippen molar-refractivity contribution < 1.29 is 9.53 Å². The maximum Gasteiger partial charge on any atom is 0.256 e. The molecule has 1 heterocycles. The number of aromatic nitrogens is 2. The molecule has 3 rings (SSSR count). The molecule has 0 unspecified atom stereocenters. The first-order valence-corrected chi connectivity index (χ1v) is 7.75. The summed E-state index contributed by atoms with van der Waals surface area (Å²) in [6.07, 6.45) is 1.82. The van der Waals surface area contributed by atoms with Crippen molar-refractivity contribution in [1.82, 2.24) is 9.78 Å². The number of benzene rings is 2. The number of anilines is 1. The molecule has 122 valence electrons. The Bertz CT molecular complexity index is 843. The monoisotopic (exact) mass is 341 g/mol. The topological polar surface area (TPSA) is 56.1 Å². The highest BCUT2D eigenvalue weighted by molar-refractivity contribution is 6.30. The molecule has 0 bridgehead atoms. The van der Waals surface area contributed by atoms with Crippen LogP contribution in [-0.4, -0.2) is 22.8 Å². The van der Waals surface area contributed by atoms with Gasteiger partial charge in [-0.1, -0.05) is 29.8 Å². The van der Waals surface area contributed by atoms with Crippen LogP contribution in [0.4, 0.5) is 5.82 Å². The SMILES string of the molecule is COc1cccc(C(=O)Nc2ccn(Cc3ccc(Cl)cc3)n2)c1. The Morgan fingerprint density at radius 3 is 2.75 bits per heavy atom. The third-order valence-electron chi connectivity index (χ3n) is 3.47. The zero-order chi connectivity index (χ0) is 16.9. The van der Waals surface area contributed by atoms with E-state index in [9.17, 15) is 4.79 Å². The number of ether oxygens (including phenoxy) is 1. The minimum Gasteiger partial charge on any atom is -0.497 e. The van der Waals surface area contributed by atoms with Crippen LogP contribution in [0.15, 0.2) is 60.8 Å². The molecule has 6 heteroatoms. The van der Waals surface area contributed by atoms with Crippen molar-refractivity contribution in [2.45, 2.75) is 6.54 Å². The lowest BCUT2D eigenvalue weighted by Gasteiger charge is -2.05. The number of carbonyl (C=O) groups excluding carboxylic acids is 1. The standard InChI is InChI=1S/C18H16ClN3O2/c1-24-16-4-2-3-14(11-16)18(23)20-17-9-10-22(21-17)12-13-5-7-15(19)8-6-13/h2-11H,12H2,1H3,(H,20,21,23). The van der Waals surface area contributed by atoms with Crippen LogP contribution < -0.4 is 10.1 Å². The van der Waals surface area contributed by atoms with E-state index in [1.165, 1.54) is 0 Å². The second kappa shape index (κ2) is 7.19. The molecule has 1 N–H and O–H groups in total. The molecule has 0 aliphatic heterocycles. The molecule has 0 aliphatic rings. The van der Waals surface area contributed by atoms with Gasteiger partial charge in [0.15, 0.2) is 5.82 Å². The summed E-state index contributed by atoms with van der Waals surface area (Å²) in [5.41, 5.74) is 1.59. The fraction of sp³-hybridized carbons (Fsp3) is 0.111. The van der Waals surface area contributed by atoms with Gasteiger partial charge in [0.05, 0.1) is 13.7 Å².